The van der Waals surface area contributed by atoms with Gasteiger partial charge in [0, 0.05) is 11.4 Å². The Morgan fingerprint density at radius 1 is 1.06 bits per heavy atom. The van der Waals surface area contributed by atoms with Crippen LogP contribution in [0.4, 0.5) is 0 Å². The van der Waals surface area contributed by atoms with Crippen molar-refractivity contribution in [1.82, 2.24) is 4.90 Å². The molecule has 0 spiro atoms. The van der Waals surface area contributed by atoms with Gasteiger partial charge < -0.3 is 0 Å². The Balaban J connectivity index is 1.94. The highest BCUT2D eigenvalue weighted by molar-refractivity contribution is 9.09. The fourth-order valence-corrected chi connectivity index (χ4v) is 3.09. The lowest BCUT2D eigenvalue weighted by atomic mass is 10.0. The summed E-state index contributed by atoms with van der Waals surface area (Å²) in [6.07, 6.45) is 5.33. The zero-order valence-electron chi connectivity index (χ0n) is 9.74. The largest absolute Gasteiger partial charge is 0.299 e. The first-order chi connectivity index (χ1) is 7.90. The van der Waals surface area contributed by atoms with E-state index in [2.05, 4.69) is 51.2 Å². The Bertz CT molecular complexity index is 293. The molecule has 1 heterocycles. The number of hydrogen-bond acceptors (Lipinski definition) is 1. The number of alkyl halides is 1. The topological polar surface area (TPSA) is 3.24 Å². The third-order valence-corrected chi connectivity index (χ3v) is 4.15. The minimum atomic E-state index is 0.669. The molecule has 2 heteroatoms. The van der Waals surface area contributed by atoms with Crippen molar-refractivity contribution in [1.29, 1.82) is 0 Å². The maximum absolute atomic E-state index is 3.67. The van der Waals surface area contributed by atoms with Crippen LogP contribution < -0.4 is 0 Å². The van der Waals surface area contributed by atoms with Crippen LogP contribution in [0, 0.1) is 0 Å². The molecule has 1 aromatic carbocycles. The lowest BCUT2D eigenvalue weighted by Crippen LogP contribution is -2.41. The summed E-state index contributed by atoms with van der Waals surface area (Å²) in [7, 11) is 0. The van der Waals surface area contributed by atoms with Crippen molar-refractivity contribution in [2.24, 2.45) is 0 Å². The summed E-state index contributed by atoms with van der Waals surface area (Å²) >= 11 is 3.67. The van der Waals surface area contributed by atoms with Gasteiger partial charge in [0.15, 0.2) is 0 Å². The number of benzene rings is 1. The minimum absolute atomic E-state index is 0.669. The number of hydrogen-bond donors (Lipinski definition) is 0. The third kappa shape index (κ3) is 3.33. The summed E-state index contributed by atoms with van der Waals surface area (Å²) in [6, 6.07) is 11.5. The molecule has 1 aliphatic heterocycles. The van der Waals surface area contributed by atoms with Gasteiger partial charge in [-0.3, -0.25) is 4.90 Å². The highest BCUT2D eigenvalue weighted by atomic mass is 79.9. The molecule has 0 amide bonds. The van der Waals surface area contributed by atoms with Crippen molar-refractivity contribution in [2.45, 2.75) is 31.7 Å². The smallest absolute Gasteiger partial charge is 0.0233 e. The summed E-state index contributed by atoms with van der Waals surface area (Å²) < 4.78 is 0. The molecule has 0 saturated carbocycles. The van der Waals surface area contributed by atoms with E-state index in [0.717, 1.165) is 5.33 Å². The van der Waals surface area contributed by atoms with E-state index in [-0.39, 0.29) is 0 Å². The van der Waals surface area contributed by atoms with Crippen molar-refractivity contribution < 1.29 is 0 Å². The van der Waals surface area contributed by atoms with Crippen LogP contribution in [0.5, 0.6) is 0 Å². The van der Waals surface area contributed by atoms with E-state index in [4.69, 9.17) is 0 Å². The average molecular weight is 282 g/mol. The van der Waals surface area contributed by atoms with Gasteiger partial charge in [-0.25, -0.2) is 0 Å². The number of rotatable bonds is 4. The highest BCUT2D eigenvalue weighted by Crippen LogP contribution is 2.17. The molecular weight excluding hydrogens is 262 g/mol. The predicted molar refractivity (Wildman–Crippen MR) is 73.2 cm³/mol. The Kier molecular flexibility index (Phi) is 4.86. The van der Waals surface area contributed by atoms with Crippen LogP contribution in [0.3, 0.4) is 0 Å². The van der Waals surface area contributed by atoms with Gasteiger partial charge in [0.05, 0.1) is 0 Å². The Morgan fingerprint density at radius 3 is 2.38 bits per heavy atom. The first-order valence-electron chi connectivity index (χ1n) is 6.24. The lowest BCUT2D eigenvalue weighted by Gasteiger charge is -2.33. The number of likely N-dealkylation sites (tertiary alicyclic amines) is 1. The monoisotopic (exact) mass is 281 g/mol. The fraction of sp³-hybridized carbons (Fsp3) is 0.571. The number of halogens is 1. The average Bonchev–Trinajstić information content (AvgIpc) is 2.38. The van der Waals surface area contributed by atoms with Gasteiger partial charge in [0.2, 0.25) is 0 Å². The molecular formula is C14H20BrN. The molecule has 0 aliphatic carbocycles. The van der Waals surface area contributed by atoms with Crippen molar-refractivity contribution in [3.63, 3.8) is 0 Å². The van der Waals surface area contributed by atoms with E-state index in [1.54, 1.807) is 0 Å². The molecule has 16 heavy (non-hydrogen) atoms. The van der Waals surface area contributed by atoms with Gasteiger partial charge in [-0.15, -0.1) is 0 Å². The molecule has 0 bridgehead atoms. The molecule has 1 aliphatic rings. The summed E-state index contributed by atoms with van der Waals surface area (Å²) in [6.45, 7) is 2.56. The van der Waals surface area contributed by atoms with Crippen LogP contribution in [0.25, 0.3) is 0 Å². The second kappa shape index (κ2) is 6.41. The van der Waals surface area contributed by atoms with Gasteiger partial charge >= 0.3 is 0 Å². The van der Waals surface area contributed by atoms with Gasteiger partial charge in [-0.2, -0.15) is 0 Å². The maximum atomic E-state index is 3.67. The van der Waals surface area contributed by atoms with Crippen LogP contribution in [0.15, 0.2) is 30.3 Å². The zero-order chi connectivity index (χ0) is 11.2. The predicted octanol–water partition coefficient (Wildman–Crippen LogP) is 3.48. The second-order valence-electron chi connectivity index (χ2n) is 4.59. The van der Waals surface area contributed by atoms with Crippen LogP contribution in [-0.2, 0) is 6.42 Å². The number of piperidine rings is 1. The third-order valence-electron chi connectivity index (χ3n) is 3.40. The van der Waals surface area contributed by atoms with Crippen LogP contribution in [0.1, 0.15) is 24.8 Å². The fourth-order valence-electron chi connectivity index (χ4n) is 2.45. The van der Waals surface area contributed by atoms with Gasteiger partial charge in [-0.05, 0) is 37.9 Å². The van der Waals surface area contributed by atoms with E-state index >= 15 is 0 Å². The van der Waals surface area contributed by atoms with Gasteiger partial charge in [-0.1, -0.05) is 52.7 Å². The zero-order valence-corrected chi connectivity index (χ0v) is 11.3. The second-order valence-corrected chi connectivity index (χ2v) is 5.24. The Morgan fingerprint density at radius 2 is 1.75 bits per heavy atom. The van der Waals surface area contributed by atoms with E-state index in [9.17, 15) is 0 Å². The Hall–Kier alpha value is -0.340. The lowest BCUT2D eigenvalue weighted by molar-refractivity contribution is 0.176. The van der Waals surface area contributed by atoms with Crippen molar-refractivity contribution in [3.8, 4) is 0 Å². The summed E-state index contributed by atoms with van der Waals surface area (Å²) in [5.41, 5.74) is 1.46. The maximum Gasteiger partial charge on any atom is 0.0233 e. The molecule has 0 radical (unpaired) electrons. The molecule has 1 atom stereocenters. The molecule has 0 N–H and O–H groups in total. The molecule has 1 unspecified atom stereocenters. The summed E-state index contributed by atoms with van der Waals surface area (Å²) in [5, 5.41) is 1.09. The van der Waals surface area contributed by atoms with Crippen molar-refractivity contribution >= 4 is 15.9 Å². The molecule has 1 aromatic rings. The van der Waals surface area contributed by atoms with E-state index in [0.29, 0.717) is 6.04 Å². The van der Waals surface area contributed by atoms with Crippen LogP contribution >= 0.6 is 15.9 Å². The summed E-state index contributed by atoms with van der Waals surface area (Å²) in [4.78, 5) is 2.64. The molecule has 1 saturated heterocycles. The van der Waals surface area contributed by atoms with E-state index in [1.165, 1.54) is 44.3 Å². The van der Waals surface area contributed by atoms with Crippen LogP contribution in [0.2, 0.25) is 0 Å². The first-order valence-corrected chi connectivity index (χ1v) is 7.36. The van der Waals surface area contributed by atoms with Gasteiger partial charge in [0.25, 0.3) is 0 Å². The Labute approximate surface area is 107 Å². The molecule has 2 rings (SSSR count). The first kappa shape index (κ1) is 12.1. The van der Waals surface area contributed by atoms with E-state index in [1.807, 2.05) is 0 Å². The van der Waals surface area contributed by atoms with Gasteiger partial charge in [0.1, 0.15) is 0 Å². The molecule has 1 fully saturated rings. The van der Waals surface area contributed by atoms with Crippen molar-refractivity contribution in [2.75, 3.05) is 18.4 Å². The quantitative estimate of drug-likeness (QED) is 0.764. The molecule has 1 nitrogen and oxygen atoms in total. The van der Waals surface area contributed by atoms with E-state index < -0.39 is 0 Å². The SMILES string of the molecule is BrCC(Cc1ccccc1)N1CCCCC1. The number of nitrogens with zero attached hydrogens (tertiary/aromatic N) is 1. The standard InChI is InChI=1S/C14H20BrN/c15-12-14(16-9-5-2-6-10-16)11-13-7-3-1-4-8-13/h1,3-4,7-8,14H,2,5-6,9-12H2. The highest BCUT2D eigenvalue weighted by Gasteiger charge is 2.19. The normalized spacial score (nSPS) is 19.6. The minimum Gasteiger partial charge on any atom is -0.299 e. The van der Waals surface area contributed by atoms with Crippen LogP contribution in [-0.4, -0.2) is 29.4 Å². The van der Waals surface area contributed by atoms with Crippen molar-refractivity contribution in [3.05, 3.63) is 35.9 Å². The molecule has 0 aromatic heterocycles. The summed E-state index contributed by atoms with van der Waals surface area (Å²) in [5.74, 6) is 0. The molecule has 88 valence electrons.